The van der Waals surface area contributed by atoms with Crippen LogP contribution < -0.4 is 5.32 Å². The van der Waals surface area contributed by atoms with E-state index in [1.54, 1.807) is 22.2 Å². The molecule has 108 valence electrons. The van der Waals surface area contributed by atoms with E-state index in [0.29, 0.717) is 5.02 Å². The normalized spacial score (nSPS) is 12.3. The number of para-hydroxylation sites is 1. The molecule has 0 saturated heterocycles. The molecule has 0 amide bonds. The Bertz CT molecular complexity index is 734. The molecular weight excluding hydrogens is 302 g/mol. The van der Waals surface area contributed by atoms with Gasteiger partial charge in [-0.05, 0) is 44.2 Å². The number of aromatic nitrogens is 2. The Labute approximate surface area is 133 Å². The molecule has 3 aromatic rings. The fourth-order valence-corrected chi connectivity index (χ4v) is 3.40. The first kappa shape index (κ1) is 14.2. The lowest BCUT2D eigenvalue weighted by Crippen LogP contribution is -2.09. The second kappa shape index (κ2) is 5.92. The predicted molar refractivity (Wildman–Crippen MR) is 89.7 cm³/mol. The van der Waals surface area contributed by atoms with E-state index in [1.807, 2.05) is 30.5 Å². The van der Waals surface area contributed by atoms with E-state index in [-0.39, 0.29) is 6.04 Å². The lowest BCUT2D eigenvalue weighted by atomic mass is 10.2. The molecule has 21 heavy (non-hydrogen) atoms. The van der Waals surface area contributed by atoms with Crippen molar-refractivity contribution in [2.75, 3.05) is 5.32 Å². The average Bonchev–Trinajstić information content (AvgIpc) is 3.10. The Hall–Kier alpha value is -1.78. The molecule has 0 aliphatic rings. The SMILES string of the molecule is Cc1ccc(C(C)Nc2cccc(Cl)c2-n2cccn2)s1. The first-order chi connectivity index (χ1) is 10.1. The van der Waals surface area contributed by atoms with Crippen LogP contribution in [0.25, 0.3) is 5.69 Å². The Morgan fingerprint density at radius 3 is 2.76 bits per heavy atom. The summed E-state index contributed by atoms with van der Waals surface area (Å²) in [5, 5.41) is 8.50. The summed E-state index contributed by atoms with van der Waals surface area (Å²) >= 11 is 8.16. The maximum absolute atomic E-state index is 6.36. The van der Waals surface area contributed by atoms with E-state index < -0.39 is 0 Å². The van der Waals surface area contributed by atoms with E-state index in [4.69, 9.17) is 11.6 Å². The highest BCUT2D eigenvalue weighted by molar-refractivity contribution is 7.12. The van der Waals surface area contributed by atoms with Crippen LogP contribution in [0, 0.1) is 6.92 Å². The largest absolute Gasteiger partial charge is 0.376 e. The summed E-state index contributed by atoms with van der Waals surface area (Å²) in [6, 6.07) is 12.3. The highest BCUT2D eigenvalue weighted by atomic mass is 35.5. The number of halogens is 1. The van der Waals surface area contributed by atoms with Gasteiger partial charge in [0.2, 0.25) is 0 Å². The average molecular weight is 318 g/mol. The van der Waals surface area contributed by atoms with Crippen LogP contribution in [0.1, 0.15) is 22.7 Å². The zero-order valence-electron chi connectivity index (χ0n) is 11.9. The van der Waals surface area contributed by atoms with Crippen molar-refractivity contribution in [1.82, 2.24) is 9.78 Å². The zero-order valence-corrected chi connectivity index (χ0v) is 13.4. The van der Waals surface area contributed by atoms with Gasteiger partial charge in [-0.15, -0.1) is 11.3 Å². The van der Waals surface area contributed by atoms with Crippen LogP contribution in [0.4, 0.5) is 5.69 Å². The van der Waals surface area contributed by atoms with Gasteiger partial charge in [0.05, 0.1) is 16.8 Å². The molecule has 2 aromatic heterocycles. The van der Waals surface area contributed by atoms with Crippen LogP contribution in [0.15, 0.2) is 48.8 Å². The van der Waals surface area contributed by atoms with E-state index in [9.17, 15) is 0 Å². The summed E-state index contributed by atoms with van der Waals surface area (Å²) < 4.78 is 1.79. The van der Waals surface area contributed by atoms with Crippen molar-refractivity contribution in [3.63, 3.8) is 0 Å². The minimum Gasteiger partial charge on any atom is -0.376 e. The molecular formula is C16H16ClN3S. The molecule has 2 heterocycles. The smallest absolute Gasteiger partial charge is 0.106 e. The highest BCUT2D eigenvalue weighted by Gasteiger charge is 2.13. The Morgan fingerprint density at radius 1 is 1.24 bits per heavy atom. The van der Waals surface area contributed by atoms with Crippen molar-refractivity contribution >= 4 is 28.6 Å². The van der Waals surface area contributed by atoms with Crippen LogP contribution >= 0.6 is 22.9 Å². The molecule has 0 aliphatic carbocycles. The monoisotopic (exact) mass is 317 g/mol. The van der Waals surface area contributed by atoms with Gasteiger partial charge >= 0.3 is 0 Å². The quantitative estimate of drug-likeness (QED) is 0.728. The summed E-state index contributed by atoms with van der Waals surface area (Å²) in [7, 11) is 0. The van der Waals surface area contributed by atoms with Crippen molar-refractivity contribution in [3.05, 3.63) is 63.6 Å². The maximum Gasteiger partial charge on any atom is 0.106 e. The standard InChI is InChI=1S/C16H16ClN3S/c1-11-7-8-15(21-11)12(2)19-14-6-3-5-13(17)16(14)20-10-4-9-18-20/h3-10,12,19H,1-2H3. The summed E-state index contributed by atoms with van der Waals surface area (Å²) in [5.41, 5.74) is 1.86. The number of hydrogen-bond acceptors (Lipinski definition) is 3. The molecule has 0 aliphatic heterocycles. The van der Waals surface area contributed by atoms with Gasteiger partial charge in [0.1, 0.15) is 5.69 Å². The number of benzene rings is 1. The summed E-state index contributed by atoms with van der Waals surface area (Å²) in [6.07, 6.45) is 3.64. The minimum absolute atomic E-state index is 0.219. The molecule has 3 rings (SSSR count). The molecule has 1 atom stereocenters. The predicted octanol–water partition coefficient (Wildman–Crippen LogP) is 5.07. The first-order valence-electron chi connectivity index (χ1n) is 6.76. The number of aryl methyl sites for hydroxylation is 1. The van der Waals surface area contributed by atoms with Gasteiger partial charge in [-0.1, -0.05) is 17.7 Å². The molecule has 5 heteroatoms. The van der Waals surface area contributed by atoms with Crippen LogP contribution in [-0.2, 0) is 0 Å². The zero-order chi connectivity index (χ0) is 14.8. The van der Waals surface area contributed by atoms with Crippen LogP contribution in [0.2, 0.25) is 5.02 Å². The highest BCUT2D eigenvalue weighted by Crippen LogP contribution is 2.32. The molecule has 0 bridgehead atoms. The maximum atomic E-state index is 6.36. The summed E-state index contributed by atoms with van der Waals surface area (Å²) in [6.45, 7) is 4.27. The molecule has 3 nitrogen and oxygen atoms in total. The van der Waals surface area contributed by atoms with Gasteiger partial charge in [-0.2, -0.15) is 5.10 Å². The molecule has 0 radical (unpaired) electrons. The Balaban J connectivity index is 1.94. The lowest BCUT2D eigenvalue weighted by Gasteiger charge is -2.18. The van der Waals surface area contributed by atoms with Gasteiger partial charge in [0, 0.05) is 22.1 Å². The van der Waals surface area contributed by atoms with Gasteiger partial charge in [-0.25, -0.2) is 4.68 Å². The van der Waals surface area contributed by atoms with Gasteiger partial charge in [0.25, 0.3) is 0 Å². The molecule has 1 unspecified atom stereocenters. The van der Waals surface area contributed by atoms with Crippen molar-refractivity contribution < 1.29 is 0 Å². The van der Waals surface area contributed by atoms with Crippen molar-refractivity contribution in [1.29, 1.82) is 0 Å². The van der Waals surface area contributed by atoms with Crippen LogP contribution in [0.3, 0.4) is 0 Å². The van der Waals surface area contributed by atoms with Gasteiger partial charge in [0.15, 0.2) is 0 Å². The summed E-state index contributed by atoms with van der Waals surface area (Å²) in [4.78, 5) is 2.62. The fraction of sp³-hybridized carbons (Fsp3) is 0.188. The number of nitrogens with one attached hydrogen (secondary N) is 1. The minimum atomic E-state index is 0.219. The second-order valence-corrected chi connectivity index (χ2v) is 6.63. The third-order valence-corrected chi connectivity index (χ3v) is 4.77. The molecule has 1 aromatic carbocycles. The van der Waals surface area contributed by atoms with E-state index in [0.717, 1.165) is 11.4 Å². The van der Waals surface area contributed by atoms with Gasteiger partial charge in [-0.3, -0.25) is 0 Å². The third kappa shape index (κ3) is 2.96. The number of rotatable bonds is 4. The van der Waals surface area contributed by atoms with E-state index >= 15 is 0 Å². The topological polar surface area (TPSA) is 29.9 Å². The van der Waals surface area contributed by atoms with Crippen molar-refractivity contribution in [2.45, 2.75) is 19.9 Å². The van der Waals surface area contributed by atoms with E-state index in [2.05, 4.69) is 36.4 Å². The molecule has 0 fully saturated rings. The number of hydrogen-bond donors (Lipinski definition) is 1. The molecule has 1 N–H and O–H groups in total. The lowest BCUT2D eigenvalue weighted by molar-refractivity contribution is 0.862. The van der Waals surface area contributed by atoms with Crippen LogP contribution in [0.5, 0.6) is 0 Å². The fourth-order valence-electron chi connectivity index (χ4n) is 2.26. The Morgan fingerprint density at radius 2 is 2.10 bits per heavy atom. The van der Waals surface area contributed by atoms with Gasteiger partial charge < -0.3 is 5.32 Å². The van der Waals surface area contributed by atoms with Crippen molar-refractivity contribution in [3.8, 4) is 5.69 Å². The third-order valence-electron chi connectivity index (χ3n) is 3.28. The first-order valence-corrected chi connectivity index (χ1v) is 7.96. The number of nitrogens with zero attached hydrogens (tertiary/aromatic N) is 2. The van der Waals surface area contributed by atoms with E-state index in [1.165, 1.54) is 9.75 Å². The Kier molecular flexibility index (Phi) is 3.99. The molecule has 0 spiro atoms. The molecule has 0 saturated carbocycles. The number of anilines is 1. The van der Waals surface area contributed by atoms with Crippen LogP contribution in [-0.4, -0.2) is 9.78 Å². The van der Waals surface area contributed by atoms with Crippen molar-refractivity contribution in [2.24, 2.45) is 0 Å². The summed E-state index contributed by atoms with van der Waals surface area (Å²) in [5.74, 6) is 0. The number of thiophene rings is 1. The second-order valence-electron chi connectivity index (χ2n) is 4.90.